The van der Waals surface area contributed by atoms with Gasteiger partial charge in [0.1, 0.15) is 5.75 Å². The Labute approximate surface area is 126 Å². The Bertz CT molecular complexity index is 650. The van der Waals surface area contributed by atoms with Crippen molar-refractivity contribution >= 4 is 5.69 Å². The van der Waals surface area contributed by atoms with Crippen LogP contribution in [0, 0.1) is 0 Å². The van der Waals surface area contributed by atoms with Gasteiger partial charge in [-0.1, -0.05) is 30.3 Å². The fraction of sp³-hybridized carbons (Fsp3) is 0.368. The van der Waals surface area contributed by atoms with Gasteiger partial charge >= 0.3 is 0 Å². The van der Waals surface area contributed by atoms with Crippen LogP contribution in [0.25, 0.3) is 0 Å². The van der Waals surface area contributed by atoms with E-state index in [1.54, 1.807) is 7.11 Å². The third kappa shape index (κ3) is 2.10. The van der Waals surface area contributed by atoms with Crippen molar-refractivity contribution in [2.45, 2.75) is 25.2 Å². The number of aryl methyl sites for hydroxylation is 1. The van der Waals surface area contributed by atoms with Gasteiger partial charge in [0.15, 0.2) is 0 Å². The summed E-state index contributed by atoms with van der Waals surface area (Å²) >= 11 is 0. The van der Waals surface area contributed by atoms with Gasteiger partial charge in [0.25, 0.3) is 0 Å². The standard InChI is InChI=1S/C19H21NO/c1-21-16-12-15-8-5-10-20-11-9-17(18(13-16)19(15)20)14-6-3-2-4-7-14/h2-4,6-7,12-13,17H,5,8-11H2,1H3. The molecule has 0 fully saturated rings. The summed E-state index contributed by atoms with van der Waals surface area (Å²) in [5.74, 6) is 1.51. The minimum atomic E-state index is 0.504. The van der Waals surface area contributed by atoms with Crippen LogP contribution in [0.3, 0.4) is 0 Å². The summed E-state index contributed by atoms with van der Waals surface area (Å²) in [5.41, 5.74) is 5.85. The number of hydrogen-bond donors (Lipinski definition) is 0. The van der Waals surface area contributed by atoms with Crippen LogP contribution in [-0.2, 0) is 6.42 Å². The second-order valence-corrected chi connectivity index (χ2v) is 6.07. The molecule has 0 amide bonds. The van der Waals surface area contributed by atoms with Gasteiger partial charge in [-0.2, -0.15) is 0 Å². The van der Waals surface area contributed by atoms with E-state index in [0.717, 1.165) is 5.75 Å². The molecule has 1 unspecified atom stereocenters. The van der Waals surface area contributed by atoms with E-state index in [4.69, 9.17) is 4.74 Å². The summed E-state index contributed by atoms with van der Waals surface area (Å²) in [7, 11) is 1.77. The molecule has 0 aliphatic carbocycles. The first-order valence-corrected chi connectivity index (χ1v) is 7.87. The van der Waals surface area contributed by atoms with Crippen LogP contribution in [0.1, 0.15) is 35.4 Å². The Morgan fingerprint density at radius 3 is 2.76 bits per heavy atom. The first-order valence-electron chi connectivity index (χ1n) is 7.87. The molecule has 0 saturated heterocycles. The highest BCUT2D eigenvalue weighted by Gasteiger charge is 2.30. The lowest BCUT2D eigenvalue weighted by molar-refractivity contribution is 0.412. The van der Waals surface area contributed by atoms with Gasteiger partial charge in [0.2, 0.25) is 0 Å². The van der Waals surface area contributed by atoms with E-state index >= 15 is 0 Å². The Balaban J connectivity index is 1.88. The number of anilines is 1. The van der Waals surface area contributed by atoms with E-state index in [1.807, 2.05) is 0 Å². The SMILES string of the molecule is COc1cc2c3c(c1)C(c1ccccc1)CCN3CCC2. The van der Waals surface area contributed by atoms with Crippen LogP contribution in [-0.4, -0.2) is 20.2 Å². The van der Waals surface area contributed by atoms with Gasteiger partial charge in [-0.05, 0) is 48.1 Å². The quantitative estimate of drug-likeness (QED) is 0.824. The van der Waals surface area contributed by atoms with Crippen molar-refractivity contribution in [3.8, 4) is 5.75 Å². The zero-order valence-corrected chi connectivity index (χ0v) is 12.5. The largest absolute Gasteiger partial charge is 0.497 e. The molecule has 1 atom stereocenters. The Morgan fingerprint density at radius 2 is 1.95 bits per heavy atom. The number of benzene rings is 2. The van der Waals surface area contributed by atoms with Crippen molar-refractivity contribution in [1.82, 2.24) is 0 Å². The number of rotatable bonds is 2. The van der Waals surface area contributed by atoms with E-state index in [2.05, 4.69) is 47.4 Å². The van der Waals surface area contributed by atoms with Gasteiger partial charge in [-0.3, -0.25) is 0 Å². The maximum absolute atomic E-state index is 5.55. The zero-order chi connectivity index (χ0) is 14.2. The number of nitrogens with zero attached hydrogens (tertiary/aromatic N) is 1. The van der Waals surface area contributed by atoms with Crippen LogP contribution in [0.5, 0.6) is 5.75 Å². The van der Waals surface area contributed by atoms with Crippen molar-refractivity contribution in [1.29, 1.82) is 0 Å². The molecule has 2 heteroatoms. The van der Waals surface area contributed by atoms with Gasteiger partial charge < -0.3 is 9.64 Å². The molecular weight excluding hydrogens is 258 g/mol. The molecule has 2 aromatic rings. The Morgan fingerprint density at radius 1 is 1.10 bits per heavy atom. The molecule has 2 aliphatic heterocycles. The minimum Gasteiger partial charge on any atom is -0.497 e. The van der Waals surface area contributed by atoms with Crippen LogP contribution in [0.15, 0.2) is 42.5 Å². The second kappa shape index (κ2) is 5.10. The Hall–Kier alpha value is -1.96. The molecule has 2 heterocycles. The van der Waals surface area contributed by atoms with Crippen molar-refractivity contribution in [2.24, 2.45) is 0 Å². The summed E-state index contributed by atoms with van der Waals surface area (Å²) in [6, 6.07) is 15.4. The van der Waals surface area contributed by atoms with Crippen LogP contribution in [0.2, 0.25) is 0 Å². The normalized spacial score (nSPS) is 20.0. The molecule has 0 bridgehead atoms. The lowest BCUT2D eigenvalue weighted by Crippen LogP contribution is -2.36. The molecule has 4 rings (SSSR count). The Kier molecular flexibility index (Phi) is 3.10. The summed E-state index contributed by atoms with van der Waals surface area (Å²) in [4.78, 5) is 2.58. The van der Waals surface area contributed by atoms with Crippen molar-refractivity contribution in [3.05, 3.63) is 59.2 Å². The molecule has 2 aliphatic rings. The lowest BCUT2D eigenvalue weighted by atomic mass is 9.81. The molecule has 2 nitrogen and oxygen atoms in total. The topological polar surface area (TPSA) is 12.5 Å². The number of methoxy groups -OCH3 is 1. The first kappa shape index (κ1) is 12.8. The van der Waals surface area contributed by atoms with Crippen molar-refractivity contribution in [2.75, 3.05) is 25.1 Å². The summed E-state index contributed by atoms with van der Waals surface area (Å²) in [6.07, 6.45) is 3.64. The maximum Gasteiger partial charge on any atom is 0.119 e. The van der Waals surface area contributed by atoms with Gasteiger partial charge in [0, 0.05) is 24.7 Å². The average molecular weight is 279 g/mol. The van der Waals surface area contributed by atoms with E-state index in [-0.39, 0.29) is 0 Å². The molecule has 0 spiro atoms. The number of hydrogen-bond acceptors (Lipinski definition) is 2. The molecule has 2 aromatic carbocycles. The maximum atomic E-state index is 5.55. The highest BCUT2D eigenvalue weighted by molar-refractivity contribution is 5.67. The molecule has 0 saturated carbocycles. The molecule has 0 N–H and O–H groups in total. The van der Waals surface area contributed by atoms with E-state index < -0.39 is 0 Å². The van der Waals surface area contributed by atoms with Gasteiger partial charge in [-0.25, -0.2) is 0 Å². The van der Waals surface area contributed by atoms with Crippen LogP contribution >= 0.6 is 0 Å². The number of ether oxygens (including phenoxy) is 1. The fourth-order valence-electron chi connectivity index (χ4n) is 3.92. The molecular formula is C19H21NO. The van der Waals surface area contributed by atoms with Gasteiger partial charge in [0.05, 0.1) is 7.11 Å². The second-order valence-electron chi connectivity index (χ2n) is 6.07. The molecule has 108 valence electrons. The highest BCUT2D eigenvalue weighted by atomic mass is 16.5. The minimum absolute atomic E-state index is 0.504. The van der Waals surface area contributed by atoms with Gasteiger partial charge in [-0.15, -0.1) is 0 Å². The van der Waals surface area contributed by atoms with Crippen molar-refractivity contribution < 1.29 is 4.74 Å². The van der Waals surface area contributed by atoms with Crippen LogP contribution in [0.4, 0.5) is 5.69 Å². The highest BCUT2D eigenvalue weighted by Crippen LogP contribution is 2.45. The predicted molar refractivity (Wildman–Crippen MR) is 86.4 cm³/mol. The van der Waals surface area contributed by atoms with Crippen molar-refractivity contribution in [3.63, 3.8) is 0 Å². The summed E-state index contributed by atoms with van der Waals surface area (Å²) in [6.45, 7) is 2.37. The third-order valence-electron chi connectivity index (χ3n) is 4.88. The van der Waals surface area contributed by atoms with Crippen LogP contribution < -0.4 is 9.64 Å². The first-order chi connectivity index (χ1) is 10.4. The molecule has 21 heavy (non-hydrogen) atoms. The molecule has 0 radical (unpaired) electrons. The predicted octanol–water partition coefficient (Wildman–Crippen LogP) is 3.98. The van der Waals surface area contributed by atoms with E-state index in [1.165, 1.54) is 54.7 Å². The lowest BCUT2D eigenvalue weighted by Gasteiger charge is -2.40. The molecule has 0 aromatic heterocycles. The van der Waals surface area contributed by atoms with E-state index in [9.17, 15) is 0 Å². The zero-order valence-electron chi connectivity index (χ0n) is 12.5. The van der Waals surface area contributed by atoms with E-state index in [0.29, 0.717) is 5.92 Å². The summed E-state index contributed by atoms with van der Waals surface area (Å²) in [5, 5.41) is 0. The fourth-order valence-corrected chi connectivity index (χ4v) is 3.92. The third-order valence-corrected chi connectivity index (χ3v) is 4.88. The smallest absolute Gasteiger partial charge is 0.119 e. The average Bonchev–Trinajstić information content (AvgIpc) is 2.56. The monoisotopic (exact) mass is 279 g/mol. The summed E-state index contributed by atoms with van der Waals surface area (Å²) < 4.78 is 5.55.